The van der Waals surface area contributed by atoms with Gasteiger partial charge in [0.25, 0.3) is 0 Å². The molecule has 0 aliphatic carbocycles. The molecule has 0 fully saturated rings. The fraction of sp³-hybridized carbons (Fsp3) is 0.333. The molecule has 1 aromatic rings. The van der Waals surface area contributed by atoms with Gasteiger partial charge in [-0.2, -0.15) is 0 Å². The maximum Gasteiger partial charge on any atom is 0.239 e. The van der Waals surface area contributed by atoms with Gasteiger partial charge in [0, 0.05) is 19.0 Å². The van der Waals surface area contributed by atoms with Crippen LogP contribution in [0, 0.1) is 11.6 Å². The smallest absolute Gasteiger partial charge is 0.239 e. The molecule has 0 unspecified atom stereocenters. The molecule has 0 saturated carbocycles. The summed E-state index contributed by atoms with van der Waals surface area (Å²) in [7, 11) is 2.99. The van der Waals surface area contributed by atoms with Crippen molar-refractivity contribution in [1.29, 1.82) is 0 Å². The molecule has 0 atom stereocenters. The van der Waals surface area contributed by atoms with Gasteiger partial charge in [0.15, 0.2) is 11.6 Å². The van der Waals surface area contributed by atoms with E-state index in [9.17, 15) is 18.4 Å². The highest BCUT2D eigenvalue weighted by Gasteiger charge is 2.12. The molecule has 0 bridgehead atoms. The molecule has 0 aliphatic heterocycles. The first kappa shape index (κ1) is 15.4. The number of amides is 2. The summed E-state index contributed by atoms with van der Waals surface area (Å²) in [6.45, 7) is -0.0341. The highest BCUT2D eigenvalue weighted by Crippen LogP contribution is 2.20. The zero-order chi connectivity index (χ0) is 14.4. The molecule has 1 rings (SSSR count). The molecule has 1 aromatic carbocycles. The second-order valence-corrected chi connectivity index (χ2v) is 4.84. The Hall–Kier alpha value is -1.63. The van der Waals surface area contributed by atoms with Crippen molar-refractivity contribution in [2.75, 3.05) is 26.4 Å². The first-order valence-electron chi connectivity index (χ1n) is 5.46. The third kappa shape index (κ3) is 4.86. The number of benzene rings is 1. The maximum absolute atomic E-state index is 12.9. The van der Waals surface area contributed by atoms with Crippen LogP contribution in [0.4, 0.5) is 8.78 Å². The van der Waals surface area contributed by atoms with Gasteiger partial charge in [0.2, 0.25) is 11.8 Å². The van der Waals surface area contributed by atoms with Gasteiger partial charge < -0.3 is 10.2 Å². The zero-order valence-corrected chi connectivity index (χ0v) is 11.4. The van der Waals surface area contributed by atoms with Crippen LogP contribution >= 0.6 is 11.8 Å². The molecule has 104 valence electrons. The van der Waals surface area contributed by atoms with Crippen LogP contribution in [0.1, 0.15) is 0 Å². The van der Waals surface area contributed by atoms with Crippen molar-refractivity contribution in [2.24, 2.45) is 0 Å². The monoisotopic (exact) mass is 288 g/mol. The van der Waals surface area contributed by atoms with E-state index in [0.717, 1.165) is 23.9 Å². The predicted octanol–water partition coefficient (Wildman–Crippen LogP) is 1.26. The Kier molecular flexibility index (Phi) is 5.75. The lowest BCUT2D eigenvalue weighted by molar-refractivity contribution is -0.132. The lowest BCUT2D eigenvalue weighted by Gasteiger charge is -2.15. The summed E-state index contributed by atoms with van der Waals surface area (Å²) in [5.74, 6) is -2.35. The van der Waals surface area contributed by atoms with Gasteiger partial charge in [-0.05, 0) is 18.2 Å². The summed E-state index contributed by atoms with van der Waals surface area (Å²) in [6, 6.07) is 3.44. The highest BCUT2D eigenvalue weighted by atomic mass is 32.2. The van der Waals surface area contributed by atoms with Gasteiger partial charge >= 0.3 is 0 Å². The Morgan fingerprint density at radius 3 is 2.58 bits per heavy atom. The zero-order valence-electron chi connectivity index (χ0n) is 10.6. The molecule has 0 aromatic heterocycles. The number of hydrogen-bond donors (Lipinski definition) is 1. The van der Waals surface area contributed by atoms with Crippen molar-refractivity contribution in [1.82, 2.24) is 10.2 Å². The van der Waals surface area contributed by atoms with Crippen LogP contribution in [0.15, 0.2) is 23.1 Å². The van der Waals surface area contributed by atoms with E-state index >= 15 is 0 Å². The van der Waals surface area contributed by atoms with E-state index in [1.165, 1.54) is 25.1 Å². The number of likely N-dealkylation sites (N-methyl/N-ethyl adjacent to an activating group) is 2. The number of carbonyl (C=O) groups is 2. The van der Waals surface area contributed by atoms with Gasteiger partial charge in [-0.15, -0.1) is 11.8 Å². The highest BCUT2D eigenvalue weighted by molar-refractivity contribution is 8.00. The summed E-state index contributed by atoms with van der Waals surface area (Å²) in [6.07, 6.45) is 0. The van der Waals surface area contributed by atoms with Crippen molar-refractivity contribution >= 4 is 23.6 Å². The number of rotatable bonds is 5. The second-order valence-electron chi connectivity index (χ2n) is 3.79. The first-order chi connectivity index (χ1) is 8.93. The van der Waals surface area contributed by atoms with Gasteiger partial charge in [-0.1, -0.05) is 0 Å². The molecule has 0 spiro atoms. The van der Waals surface area contributed by atoms with Crippen molar-refractivity contribution in [3.63, 3.8) is 0 Å². The number of carbonyl (C=O) groups excluding carboxylic acids is 2. The van der Waals surface area contributed by atoms with E-state index in [1.54, 1.807) is 0 Å². The van der Waals surface area contributed by atoms with E-state index in [2.05, 4.69) is 5.32 Å². The molecular weight excluding hydrogens is 274 g/mol. The van der Waals surface area contributed by atoms with Crippen LogP contribution in [0.3, 0.4) is 0 Å². The van der Waals surface area contributed by atoms with Crippen LogP contribution in [-0.4, -0.2) is 43.1 Å². The van der Waals surface area contributed by atoms with Crippen LogP contribution in [0.5, 0.6) is 0 Å². The number of nitrogens with one attached hydrogen (secondary N) is 1. The lowest BCUT2D eigenvalue weighted by Crippen LogP contribution is -2.37. The first-order valence-corrected chi connectivity index (χ1v) is 6.45. The number of thioether (sulfide) groups is 1. The number of halogens is 2. The van der Waals surface area contributed by atoms with E-state index in [4.69, 9.17) is 0 Å². The lowest BCUT2D eigenvalue weighted by atomic mass is 10.3. The topological polar surface area (TPSA) is 49.4 Å². The molecule has 4 nitrogen and oxygen atoms in total. The van der Waals surface area contributed by atoms with Crippen LogP contribution in [-0.2, 0) is 9.59 Å². The predicted molar refractivity (Wildman–Crippen MR) is 68.8 cm³/mol. The average Bonchev–Trinajstić information content (AvgIpc) is 2.39. The molecule has 0 saturated heterocycles. The standard InChI is InChI=1S/C12H14F2N2O2S/c1-15-11(17)6-16(2)12(18)7-19-8-3-4-9(13)10(14)5-8/h3-5H,6-7H2,1-2H3,(H,15,17). The van der Waals surface area contributed by atoms with Crippen LogP contribution < -0.4 is 5.32 Å². The summed E-state index contributed by atoms with van der Waals surface area (Å²) in [5, 5.41) is 2.41. The van der Waals surface area contributed by atoms with Crippen molar-refractivity contribution in [3.8, 4) is 0 Å². The summed E-state index contributed by atoms with van der Waals surface area (Å²) >= 11 is 1.08. The van der Waals surface area contributed by atoms with Gasteiger partial charge in [-0.25, -0.2) is 8.78 Å². The normalized spacial score (nSPS) is 10.1. The Morgan fingerprint density at radius 1 is 1.32 bits per heavy atom. The van der Waals surface area contributed by atoms with Gasteiger partial charge in [0.05, 0.1) is 12.3 Å². The SMILES string of the molecule is CNC(=O)CN(C)C(=O)CSc1ccc(F)c(F)c1. The van der Waals surface area contributed by atoms with Crippen molar-refractivity contribution in [2.45, 2.75) is 4.90 Å². The minimum Gasteiger partial charge on any atom is -0.358 e. The summed E-state index contributed by atoms with van der Waals surface area (Å²) in [4.78, 5) is 24.5. The maximum atomic E-state index is 12.9. The molecule has 0 heterocycles. The van der Waals surface area contributed by atoms with E-state index < -0.39 is 11.6 Å². The fourth-order valence-corrected chi connectivity index (χ4v) is 2.07. The molecule has 0 radical (unpaired) electrons. The Morgan fingerprint density at radius 2 is 2.00 bits per heavy atom. The largest absolute Gasteiger partial charge is 0.358 e. The Balaban J connectivity index is 2.49. The quantitative estimate of drug-likeness (QED) is 0.830. The summed E-state index contributed by atoms with van der Waals surface area (Å²) in [5.41, 5.74) is 0. The van der Waals surface area contributed by atoms with E-state index in [0.29, 0.717) is 4.90 Å². The van der Waals surface area contributed by atoms with E-state index in [-0.39, 0.29) is 24.1 Å². The summed E-state index contributed by atoms with van der Waals surface area (Å²) < 4.78 is 25.6. The molecule has 2 amide bonds. The number of nitrogens with zero attached hydrogens (tertiary/aromatic N) is 1. The van der Waals surface area contributed by atoms with Crippen LogP contribution in [0.25, 0.3) is 0 Å². The van der Waals surface area contributed by atoms with Crippen LogP contribution in [0.2, 0.25) is 0 Å². The van der Waals surface area contributed by atoms with Crippen molar-refractivity contribution < 1.29 is 18.4 Å². The third-order valence-electron chi connectivity index (χ3n) is 2.34. The molecule has 19 heavy (non-hydrogen) atoms. The molecule has 0 aliphatic rings. The average molecular weight is 288 g/mol. The fourth-order valence-electron chi connectivity index (χ4n) is 1.20. The van der Waals surface area contributed by atoms with Crippen molar-refractivity contribution in [3.05, 3.63) is 29.8 Å². The molecule has 1 N–H and O–H groups in total. The Labute approximate surface area is 114 Å². The van der Waals surface area contributed by atoms with E-state index in [1.807, 2.05) is 0 Å². The van der Waals surface area contributed by atoms with Gasteiger partial charge in [0.1, 0.15) is 0 Å². The minimum atomic E-state index is -0.948. The molecule has 7 heteroatoms. The second kappa shape index (κ2) is 7.08. The minimum absolute atomic E-state index is 0.0341. The third-order valence-corrected chi connectivity index (χ3v) is 3.32. The van der Waals surface area contributed by atoms with Gasteiger partial charge in [-0.3, -0.25) is 9.59 Å². The Bertz CT molecular complexity index is 483. The molecular formula is C12H14F2N2O2S. The number of hydrogen-bond acceptors (Lipinski definition) is 3.